The smallest absolute Gasteiger partial charge is 0.272 e. The molecule has 0 spiro atoms. The topological polar surface area (TPSA) is 64.5 Å². The van der Waals surface area contributed by atoms with E-state index in [0.717, 1.165) is 37.1 Å². The first kappa shape index (κ1) is 23.7. The van der Waals surface area contributed by atoms with Crippen molar-refractivity contribution in [2.24, 2.45) is 0 Å². The zero-order valence-corrected chi connectivity index (χ0v) is 20.2. The molecule has 0 bridgehead atoms. The molecular weight excluding hydrogens is 426 g/mol. The van der Waals surface area contributed by atoms with Gasteiger partial charge in [-0.15, -0.1) is 0 Å². The van der Waals surface area contributed by atoms with Crippen LogP contribution in [-0.2, 0) is 12.8 Å². The first-order valence-corrected chi connectivity index (χ1v) is 12.0. The second-order valence-electron chi connectivity index (χ2n) is 8.86. The van der Waals surface area contributed by atoms with Gasteiger partial charge in [0.05, 0.1) is 14.2 Å². The first-order valence-electron chi connectivity index (χ1n) is 12.0. The molecule has 178 valence electrons. The first-order chi connectivity index (χ1) is 16.6. The van der Waals surface area contributed by atoms with Gasteiger partial charge in [0, 0.05) is 36.3 Å². The van der Waals surface area contributed by atoms with Gasteiger partial charge in [-0.1, -0.05) is 36.4 Å². The molecule has 0 saturated heterocycles. The van der Waals surface area contributed by atoms with Crippen LogP contribution in [0.5, 0.6) is 11.6 Å². The summed E-state index contributed by atoms with van der Waals surface area (Å²) in [5, 5.41) is 0. The Morgan fingerprint density at radius 1 is 0.971 bits per heavy atom. The minimum Gasteiger partial charge on any atom is -0.491 e. The standard InChI is InChI=1S/C28H33N3O3/c1-20(12-13-21-8-5-4-6-9-21)31(19-18-23-16-17-26(33-2)27(29-23)34-3)28(32)25-11-7-10-24(30-25)22-14-15-22/h4-11,16-17,20,22H,12-15,18-19H2,1-3H3. The predicted octanol–water partition coefficient (Wildman–Crippen LogP) is 5.08. The van der Waals surface area contributed by atoms with E-state index in [1.807, 2.05) is 41.3 Å². The van der Waals surface area contributed by atoms with Gasteiger partial charge in [0.2, 0.25) is 0 Å². The number of carbonyl (C=O) groups is 1. The Bertz CT molecular complexity index is 1100. The van der Waals surface area contributed by atoms with Crippen molar-refractivity contribution in [1.82, 2.24) is 14.9 Å². The number of aromatic nitrogens is 2. The molecule has 34 heavy (non-hydrogen) atoms. The molecule has 1 aliphatic carbocycles. The van der Waals surface area contributed by atoms with Gasteiger partial charge >= 0.3 is 0 Å². The van der Waals surface area contributed by atoms with Crippen LogP contribution in [0.15, 0.2) is 60.7 Å². The molecule has 1 amide bonds. The lowest BCUT2D eigenvalue weighted by Gasteiger charge is -2.29. The normalized spacial score (nSPS) is 13.9. The molecule has 6 nitrogen and oxygen atoms in total. The van der Waals surface area contributed by atoms with Gasteiger partial charge < -0.3 is 14.4 Å². The zero-order chi connectivity index (χ0) is 23.9. The molecule has 4 rings (SSSR count). The van der Waals surface area contributed by atoms with Crippen molar-refractivity contribution in [2.75, 3.05) is 20.8 Å². The number of hydrogen-bond acceptors (Lipinski definition) is 5. The maximum atomic E-state index is 13.6. The number of aryl methyl sites for hydroxylation is 1. The Balaban J connectivity index is 1.51. The predicted molar refractivity (Wildman–Crippen MR) is 133 cm³/mol. The molecule has 2 heterocycles. The maximum absolute atomic E-state index is 13.6. The second-order valence-corrected chi connectivity index (χ2v) is 8.86. The Labute approximate surface area is 202 Å². The fourth-order valence-electron chi connectivity index (χ4n) is 4.16. The number of pyridine rings is 2. The quantitative estimate of drug-likeness (QED) is 0.400. The van der Waals surface area contributed by atoms with Gasteiger partial charge in [0.25, 0.3) is 11.8 Å². The summed E-state index contributed by atoms with van der Waals surface area (Å²) in [6.45, 7) is 2.67. The van der Waals surface area contributed by atoms with Gasteiger partial charge in [-0.3, -0.25) is 4.79 Å². The van der Waals surface area contributed by atoms with Crippen molar-refractivity contribution in [3.8, 4) is 11.6 Å². The van der Waals surface area contributed by atoms with E-state index in [1.165, 1.54) is 5.56 Å². The largest absolute Gasteiger partial charge is 0.491 e. The molecule has 1 aromatic carbocycles. The summed E-state index contributed by atoms with van der Waals surface area (Å²) in [6, 6.07) is 20.0. The van der Waals surface area contributed by atoms with Gasteiger partial charge in [0.15, 0.2) is 5.75 Å². The van der Waals surface area contributed by atoms with Crippen molar-refractivity contribution < 1.29 is 14.3 Å². The molecule has 1 unspecified atom stereocenters. The molecule has 2 aromatic heterocycles. The van der Waals surface area contributed by atoms with E-state index in [4.69, 9.17) is 14.5 Å². The number of amides is 1. The average molecular weight is 460 g/mol. The van der Waals surface area contributed by atoms with Crippen LogP contribution in [-0.4, -0.2) is 47.6 Å². The Hall–Kier alpha value is -3.41. The highest BCUT2D eigenvalue weighted by atomic mass is 16.5. The van der Waals surface area contributed by atoms with Gasteiger partial charge in [-0.2, -0.15) is 0 Å². The minimum absolute atomic E-state index is 0.0245. The Kier molecular flexibility index (Phi) is 7.78. The zero-order valence-electron chi connectivity index (χ0n) is 20.2. The molecule has 1 fully saturated rings. The summed E-state index contributed by atoms with van der Waals surface area (Å²) in [5.41, 5.74) is 3.68. The molecule has 6 heteroatoms. The van der Waals surface area contributed by atoms with Gasteiger partial charge in [0.1, 0.15) is 5.69 Å². The number of rotatable bonds is 11. The third kappa shape index (κ3) is 5.93. The molecule has 0 N–H and O–H groups in total. The molecule has 0 radical (unpaired) electrons. The van der Waals surface area contributed by atoms with E-state index in [-0.39, 0.29) is 11.9 Å². The van der Waals surface area contributed by atoms with Crippen molar-refractivity contribution in [2.45, 2.75) is 51.0 Å². The molecule has 3 aromatic rings. The SMILES string of the molecule is COc1ccc(CCN(C(=O)c2cccc(C3CC3)n2)C(C)CCc2ccccc2)nc1OC. The van der Waals surface area contributed by atoms with Crippen LogP contribution < -0.4 is 9.47 Å². The minimum atomic E-state index is -0.0245. The van der Waals surface area contributed by atoms with E-state index in [2.05, 4.69) is 36.2 Å². The third-order valence-electron chi connectivity index (χ3n) is 6.38. The summed E-state index contributed by atoms with van der Waals surface area (Å²) < 4.78 is 10.7. The van der Waals surface area contributed by atoms with E-state index < -0.39 is 0 Å². The molecule has 0 aliphatic heterocycles. The van der Waals surface area contributed by atoms with Crippen LogP contribution in [0.1, 0.15) is 59.5 Å². The lowest BCUT2D eigenvalue weighted by molar-refractivity contribution is 0.0680. The average Bonchev–Trinajstić information content (AvgIpc) is 3.73. The second kappa shape index (κ2) is 11.1. The van der Waals surface area contributed by atoms with E-state index >= 15 is 0 Å². The molecule has 1 aliphatic rings. The lowest BCUT2D eigenvalue weighted by Crippen LogP contribution is -2.41. The highest BCUT2D eigenvalue weighted by molar-refractivity contribution is 5.92. The van der Waals surface area contributed by atoms with Crippen molar-refractivity contribution >= 4 is 5.91 Å². The monoisotopic (exact) mass is 459 g/mol. The summed E-state index contributed by atoms with van der Waals surface area (Å²) in [6.07, 6.45) is 4.72. The van der Waals surface area contributed by atoms with Gasteiger partial charge in [-0.05, 0) is 62.4 Å². The lowest BCUT2D eigenvalue weighted by atomic mass is 10.0. The van der Waals surface area contributed by atoms with E-state index in [9.17, 15) is 4.79 Å². The van der Waals surface area contributed by atoms with Crippen LogP contribution in [0.4, 0.5) is 0 Å². The van der Waals surface area contributed by atoms with Crippen LogP contribution in [0.2, 0.25) is 0 Å². The number of carbonyl (C=O) groups excluding carboxylic acids is 1. The van der Waals surface area contributed by atoms with Crippen molar-refractivity contribution in [1.29, 1.82) is 0 Å². The fraction of sp³-hybridized carbons (Fsp3) is 0.393. The van der Waals surface area contributed by atoms with Crippen LogP contribution in [0.25, 0.3) is 0 Å². The highest BCUT2D eigenvalue weighted by Crippen LogP contribution is 2.38. The highest BCUT2D eigenvalue weighted by Gasteiger charge is 2.27. The summed E-state index contributed by atoms with van der Waals surface area (Å²) >= 11 is 0. The molecule has 1 saturated carbocycles. The van der Waals surface area contributed by atoms with Crippen LogP contribution in [0, 0.1) is 0 Å². The number of benzene rings is 1. The van der Waals surface area contributed by atoms with Gasteiger partial charge in [-0.25, -0.2) is 9.97 Å². The van der Waals surface area contributed by atoms with Crippen LogP contribution >= 0.6 is 0 Å². The number of methoxy groups -OCH3 is 2. The Morgan fingerprint density at radius 2 is 1.76 bits per heavy atom. The van der Waals surface area contributed by atoms with Crippen molar-refractivity contribution in [3.63, 3.8) is 0 Å². The Morgan fingerprint density at radius 3 is 2.47 bits per heavy atom. The fourth-order valence-corrected chi connectivity index (χ4v) is 4.16. The van der Waals surface area contributed by atoms with E-state index in [0.29, 0.717) is 36.2 Å². The number of nitrogens with zero attached hydrogens (tertiary/aromatic N) is 3. The summed E-state index contributed by atoms with van der Waals surface area (Å²) in [7, 11) is 3.17. The summed E-state index contributed by atoms with van der Waals surface area (Å²) in [4.78, 5) is 24.9. The summed E-state index contributed by atoms with van der Waals surface area (Å²) in [5.74, 6) is 1.53. The maximum Gasteiger partial charge on any atom is 0.272 e. The number of ether oxygens (including phenoxy) is 2. The van der Waals surface area contributed by atoms with E-state index in [1.54, 1.807) is 14.2 Å². The third-order valence-corrected chi connectivity index (χ3v) is 6.38. The number of hydrogen-bond donors (Lipinski definition) is 0. The van der Waals surface area contributed by atoms with Crippen molar-refractivity contribution in [3.05, 3.63) is 83.3 Å². The van der Waals surface area contributed by atoms with Crippen LogP contribution in [0.3, 0.4) is 0 Å². The molecular formula is C28H33N3O3. The molecule has 1 atom stereocenters.